The lowest BCUT2D eigenvalue weighted by Crippen LogP contribution is -2.25. The van der Waals surface area contributed by atoms with Crippen molar-refractivity contribution in [1.29, 1.82) is 0 Å². The van der Waals surface area contributed by atoms with Crippen molar-refractivity contribution in [2.24, 2.45) is 0 Å². The van der Waals surface area contributed by atoms with Crippen molar-refractivity contribution in [3.63, 3.8) is 0 Å². The zero-order chi connectivity index (χ0) is 10.2. The van der Waals surface area contributed by atoms with E-state index in [0.29, 0.717) is 0 Å². The molecular weight excluding hydrogens is 176 g/mol. The number of rotatable bonds is 1. The molecule has 5 nitrogen and oxygen atoms in total. The summed E-state index contributed by atoms with van der Waals surface area (Å²) in [7, 11) is 0. The zero-order valence-electron chi connectivity index (χ0n) is 6.56. The fraction of sp³-hybridized carbons (Fsp3) is 0.125. The van der Waals surface area contributed by atoms with Crippen LogP contribution in [0, 0.1) is 0 Å². The molecule has 0 amide bonds. The average molecular weight is 184 g/mol. The molecule has 4 N–H and O–H groups in total. The maximum atomic E-state index is 10.5. The summed E-state index contributed by atoms with van der Waals surface area (Å²) in [4.78, 5) is 10.5. The fourth-order valence-corrected chi connectivity index (χ4v) is 0.981. The maximum Gasteiger partial charge on any atom is 0.338 e. The van der Waals surface area contributed by atoms with E-state index < -0.39 is 29.2 Å². The van der Waals surface area contributed by atoms with Gasteiger partial charge in [-0.25, -0.2) is 4.79 Å². The third-order valence-corrected chi connectivity index (χ3v) is 1.71. The number of carboxylic acids is 1. The molecule has 0 saturated carbocycles. The minimum Gasteiger partial charge on any atom is -0.507 e. The minimum absolute atomic E-state index is 0.143. The lowest BCUT2D eigenvalue weighted by atomic mass is 9.95. The Morgan fingerprint density at radius 1 is 1.46 bits per heavy atom. The summed E-state index contributed by atoms with van der Waals surface area (Å²) < 4.78 is 0. The molecule has 0 heterocycles. The van der Waals surface area contributed by atoms with Crippen LogP contribution in [0.2, 0.25) is 0 Å². The molecule has 13 heavy (non-hydrogen) atoms. The van der Waals surface area contributed by atoms with E-state index in [9.17, 15) is 9.90 Å². The van der Waals surface area contributed by atoms with Crippen LogP contribution < -0.4 is 0 Å². The van der Waals surface area contributed by atoms with Crippen LogP contribution in [-0.4, -0.2) is 32.5 Å². The number of hydrogen-bond donors (Lipinski definition) is 4. The molecule has 0 aromatic rings. The molecule has 1 unspecified atom stereocenters. The van der Waals surface area contributed by atoms with Gasteiger partial charge in [-0.1, -0.05) is 6.58 Å². The van der Waals surface area contributed by atoms with Crippen molar-refractivity contribution in [1.82, 2.24) is 0 Å². The Labute approximate surface area is 73.6 Å². The van der Waals surface area contributed by atoms with Gasteiger partial charge in [-0.05, 0) is 0 Å². The average Bonchev–Trinajstić information content (AvgIpc) is 1.99. The lowest BCUT2D eigenvalue weighted by molar-refractivity contribution is -0.133. The molecule has 1 rings (SSSR count). The highest BCUT2D eigenvalue weighted by Crippen LogP contribution is 2.25. The number of aliphatic carboxylic acids is 1. The second kappa shape index (κ2) is 2.95. The molecule has 1 atom stereocenters. The summed E-state index contributed by atoms with van der Waals surface area (Å²) in [5, 5.41) is 35.9. The van der Waals surface area contributed by atoms with Crippen LogP contribution in [0.5, 0.6) is 0 Å². The van der Waals surface area contributed by atoms with Crippen LogP contribution in [0.1, 0.15) is 0 Å². The smallest absolute Gasteiger partial charge is 0.338 e. The monoisotopic (exact) mass is 184 g/mol. The molecule has 0 radical (unpaired) electrons. The van der Waals surface area contributed by atoms with Gasteiger partial charge in [0.15, 0.2) is 0 Å². The Kier molecular flexibility index (Phi) is 2.12. The van der Waals surface area contributed by atoms with Crippen molar-refractivity contribution in [2.45, 2.75) is 6.10 Å². The normalized spacial score (nSPS) is 23.0. The molecule has 0 saturated heterocycles. The Morgan fingerprint density at radius 3 is 2.46 bits per heavy atom. The van der Waals surface area contributed by atoms with Gasteiger partial charge in [-0.2, -0.15) is 0 Å². The molecule has 1 aliphatic rings. The van der Waals surface area contributed by atoms with Gasteiger partial charge in [0.2, 0.25) is 0 Å². The quantitative estimate of drug-likeness (QED) is 0.468. The van der Waals surface area contributed by atoms with E-state index in [-0.39, 0.29) is 5.57 Å². The Bertz CT molecular complexity index is 336. The van der Waals surface area contributed by atoms with Crippen LogP contribution in [0.4, 0.5) is 0 Å². The van der Waals surface area contributed by atoms with E-state index in [4.69, 9.17) is 15.3 Å². The first-order chi connectivity index (χ1) is 5.95. The maximum absolute atomic E-state index is 10.5. The number of aliphatic hydroxyl groups is 3. The highest BCUT2D eigenvalue weighted by atomic mass is 16.4. The van der Waals surface area contributed by atoms with Gasteiger partial charge >= 0.3 is 5.97 Å². The van der Waals surface area contributed by atoms with Crippen LogP contribution in [0.15, 0.2) is 35.3 Å². The van der Waals surface area contributed by atoms with Crippen LogP contribution in [-0.2, 0) is 4.79 Å². The molecule has 0 fully saturated rings. The number of aliphatic hydroxyl groups excluding tert-OH is 3. The summed E-state index contributed by atoms with van der Waals surface area (Å²) in [5.41, 5.74) is -0.724. The molecule has 5 heteroatoms. The van der Waals surface area contributed by atoms with Crippen molar-refractivity contribution >= 4 is 5.97 Å². The number of carbonyl (C=O) groups is 1. The van der Waals surface area contributed by atoms with E-state index >= 15 is 0 Å². The largest absolute Gasteiger partial charge is 0.507 e. The Balaban J connectivity index is 3.24. The van der Waals surface area contributed by atoms with Crippen molar-refractivity contribution in [3.05, 3.63) is 35.3 Å². The summed E-state index contributed by atoms with van der Waals surface area (Å²) in [6.45, 7) is 3.27. The van der Waals surface area contributed by atoms with Gasteiger partial charge in [0.1, 0.15) is 23.2 Å². The van der Waals surface area contributed by atoms with Crippen molar-refractivity contribution in [2.75, 3.05) is 0 Å². The highest BCUT2D eigenvalue weighted by Gasteiger charge is 2.30. The van der Waals surface area contributed by atoms with Gasteiger partial charge in [0, 0.05) is 11.6 Å². The summed E-state index contributed by atoms with van der Waals surface area (Å²) in [6, 6.07) is 0. The van der Waals surface area contributed by atoms with Crippen molar-refractivity contribution in [3.8, 4) is 0 Å². The Morgan fingerprint density at radius 2 is 2.00 bits per heavy atom. The summed E-state index contributed by atoms with van der Waals surface area (Å²) in [6.07, 6.45) is -0.735. The molecule has 0 aliphatic heterocycles. The van der Waals surface area contributed by atoms with E-state index in [0.717, 1.165) is 6.08 Å². The lowest BCUT2D eigenvalue weighted by Gasteiger charge is -2.18. The third-order valence-electron chi connectivity index (χ3n) is 1.71. The van der Waals surface area contributed by atoms with E-state index in [1.807, 2.05) is 0 Å². The Hall–Kier alpha value is -1.75. The zero-order valence-corrected chi connectivity index (χ0v) is 6.56. The van der Waals surface area contributed by atoms with Crippen molar-refractivity contribution < 1.29 is 25.2 Å². The van der Waals surface area contributed by atoms with Gasteiger partial charge in [0.05, 0.1) is 0 Å². The fourth-order valence-electron chi connectivity index (χ4n) is 0.981. The molecule has 70 valence electrons. The number of hydrogen-bond acceptors (Lipinski definition) is 4. The first-order valence-electron chi connectivity index (χ1n) is 3.39. The van der Waals surface area contributed by atoms with Gasteiger partial charge in [-0.15, -0.1) is 0 Å². The minimum atomic E-state index is -1.57. The predicted molar refractivity (Wildman–Crippen MR) is 43.1 cm³/mol. The van der Waals surface area contributed by atoms with Gasteiger partial charge < -0.3 is 20.4 Å². The molecular formula is C8H8O5. The van der Waals surface area contributed by atoms with E-state index in [1.54, 1.807) is 0 Å². The summed E-state index contributed by atoms with van der Waals surface area (Å²) in [5.74, 6) is -2.53. The van der Waals surface area contributed by atoms with E-state index in [2.05, 4.69) is 6.58 Å². The standard InChI is InChI=1S/C8H8O5/c1-3-4(9)2-5(10)6(7(3)11)8(12)13/h2,7,9-11H,1H2,(H,12,13). The molecule has 0 aromatic carbocycles. The van der Waals surface area contributed by atoms with Crippen LogP contribution in [0.25, 0.3) is 0 Å². The highest BCUT2D eigenvalue weighted by molar-refractivity contribution is 5.90. The van der Waals surface area contributed by atoms with Crippen LogP contribution >= 0.6 is 0 Å². The molecule has 0 spiro atoms. The topological polar surface area (TPSA) is 98.0 Å². The summed E-state index contributed by atoms with van der Waals surface area (Å²) >= 11 is 0. The van der Waals surface area contributed by atoms with Gasteiger partial charge in [0.25, 0.3) is 0 Å². The van der Waals surface area contributed by atoms with Gasteiger partial charge in [-0.3, -0.25) is 0 Å². The van der Waals surface area contributed by atoms with Crippen LogP contribution in [0.3, 0.4) is 0 Å². The second-order valence-corrected chi connectivity index (χ2v) is 2.56. The predicted octanol–water partition coefficient (Wildman–Crippen LogP) is 0.256. The molecule has 1 aliphatic carbocycles. The first-order valence-corrected chi connectivity index (χ1v) is 3.39. The second-order valence-electron chi connectivity index (χ2n) is 2.56. The number of allylic oxidation sites excluding steroid dienone is 1. The molecule has 0 bridgehead atoms. The SMILES string of the molecule is C=C1C(O)=CC(O)=C(C(=O)O)C1O. The third kappa shape index (κ3) is 1.41. The first kappa shape index (κ1) is 9.34. The number of carboxylic acid groups (broad SMARTS) is 1. The van der Waals surface area contributed by atoms with E-state index in [1.165, 1.54) is 0 Å². The molecule has 0 aromatic heterocycles.